The molecular formula is C27H32N2O5. The van der Waals surface area contributed by atoms with Crippen LogP contribution < -0.4 is 10.6 Å². The Morgan fingerprint density at radius 1 is 0.941 bits per heavy atom. The Kier molecular flexibility index (Phi) is 7.50. The molecule has 0 bridgehead atoms. The van der Waals surface area contributed by atoms with Crippen molar-refractivity contribution in [3.63, 3.8) is 0 Å². The SMILES string of the molecule is CC(NC(=O)OCC1c2ccccc2-c2ccccc21)C(=O)NC(CC1CCCCC1)C(=O)O. The van der Waals surface area contributed by atoms with Crippen LogP contribution in [-0.4, -0.2) is 41.8 Å². The van der Waals surface area contributed by atoms with Crippen molar-refractivity contribution in [1.82, 2.24) is 10.6 Å². The highest BCUT2D eigenvalue weighted by molar-refractivity contribution is 5.89. The van der Waals surface area contributed by atoms with Crippen molar-refractivity contribution in [1.29, 1.82) is 0 Å². The highest BCUT2D eigenvalue weighted by Crippen LogP contribution is 2.44. The van der Waals surface area contributed by atoms with E-state index in [2.05, 4.69) is 22.8 Å². The zero-order chi connectivity index (χ0) is 24.1. The van der Waals surface area contributed by atoms with Crippen LogP contribution in [0.2, 0.25) is 0 Å². The highest BCUT2D eigenvalue weighted by atomic mass is 16.5. The Balaban J connectivity index is 1.30. The van der Waals surface area contributed by atoms with Crippen molar-refractivity contribution in [2.24, 2.45) is 5.92 Å². The summed E-state index contributed by atoms with van der Waals surface area (Å²) in [6.07, 6.45) is 5.08. The molecule has 0 radical (unpaired) electrons. The number of fused-ring (bicyclic) bond motifs is 3. The van der Waals surface area contributed by atoms with E-state index >= 15 is 0 Å². The van der Waals surface area contributed by atoms with E-state index in [1.807, 2.05) is 36.4 Å². The largest absolute Gasteiger partial charge is 0.480 e. The van der Waals surface area contributed by atoms with Gasteiger partial charge >= 0.3 is 12.1 Å². The number of hydrogen-bond acceptors (Lipinski definition) is 4. The Morgan fingerprint density at radius 3 is 2.12 bits per heavy atom. The normalized spacial score (nSPS) is 17.2. The summed E-state index contributed by atoms with van der Waals surface area (Å²) in [5.41, 5.74) is 4.48. The van der Waals surface area contributed by atoms with Crippen LogP contribution in [0, 0.1) is 5.92 Å². The lowest BCUT2D eigenvalue weighted by Gasteiger charge is -2.26. The van der Waals surface area contributed by atoms with Crippen LogP contribution in [-0.2, 0) is 14.3 Å². The number of rotatable bonds is 8. The lowest BCUT2D eigenvalue weighted by molar-refractivity contribution is -0.142. The third-order valence-electron chi connectivity index (χ3n) is 6.98. The van der Waals surface area contributed by atoms with Gasteiger partial charge in [-0.2, -0.15) is 0 Å². The number of amides is 2. The van der Waals surface area contributed by atoms with Crippen LogP contribution in [0.15, 0.2) is 48.5 Å². The van der Waals surface area contributed by atoms with E-state index in [4.69, 9.17) is 4.74 Å². The average molecular weight is 465 g/mol. The Labute approximate surface area is 199 Å². The lowest BCUT2D eigenvalue weighted by atomic mass is 9.85. The molecule has 1 fully saturated rings. The first-order valence-electron chi connectivity index (χ1n) is 12.1. The van der Waals surface area contributed by atoms with E-state index < -0.39 is 30.1 Å². The van der Waals surface area contributed by atoms with Crippen molar-refractivity contribution in [3.05, 3.63) is 59.7 Å². The van der Waals surface area contributed by atoms with Gasteiger partial charge in [0.15, 0.2) is 0 Å². The molecule has 2 aliphatic carbocycles. The van der Waals surface area contributed by atoms with Gasteiger partial charge in [-0.25, -0.2) is 9.59 Å². The third-order valence-corrected chi connectivity index (χ3v) is 6.98. The minimum absolute atomic E-state index is 0.0748. The molecule has 1 saturated carbocycles. The van der Waals surface area contributed by atoms with Gasteiger partial charge in [0.05, 0.1) is 0 Å². The molecule has 2 aromatic rings. The lowest BCUT2D eigenvalue weighted by Crippen LogP contribution is -2.51. The number of carboxylic acids is 1. The molecule has 34 heavy (non-hydrogen) atoms. The number of benzene rings is 2. The number of carbonyl (C=O) groups is 3. The summed E-state index contributed by atoms with van der Waals surface area (Å²) in [5.74, 6) is -1.35. The van der Waals surface area contributed by atoms with Gasteiger partial charge in [-0.15, -0.1) is 0 Å². The molecule has 2 aliphatic rings. The maximum absolute atomic E-state index is 12.6. The van der Waals surface area contributed by atoms with E-state index in [0.29, 0.717) is 12.3 Å². The number of hydrogen-bond donors (Lipinski definition) is 3. The van der Waals surface area contributed by atoms with Gasteiger partial charge in [0, 0.05) is 5.92 Å². The van der Waals surface area contributed by atoms with Crippen LogP contribution in [0.25, 0.3) is 11.1 Å². The molecule has 0 saturated heterocycles. The molecule has 0 spiro atoms. The minimum Gasteiger partial charge on any atom is -0.480 e. The molecule has 0 aliphatic heterocycles. The number of ether oxygens (including phenoxy) is 1. The number of carboxylic acid groups (broad SMARTS) is 1. The number of nitrogens with one attached hydrogen (secondary N) is 2. The molecule has 3 N–H and O–H groups in total. The maximum Gasteiger partial charge on any atom is 0.407 e. The monoisotopic (exact) mass is 464 g/mol. The fraction of sp³-hybridized carbons (Fsp3) is 0.444. The average Bonchev–Trinajstić information content (AvgIpc) is 3.16. The van der Waals surface area contributed by atoms with E-state index in [-0.39, 0.29) is 12.5 Å². The van der Waals surface area contributed by atoms with E-state index in [0.717, 1.165) is 47.9 Å². The molecule has 4 rings (SSSR count). The first-order chi connectivity index (χ1) is 16.4. The van der Waals surface area contributed by atoms with Crippen LogP contribution in [0.3, 0.4) is 0 Å². The van der Waals surface area contributed by atoms with Crippen LogP contribution in [0.5, 0.6) is 0 Å². The fourth-order valence-corrected chi connectivity index (χ4v) is 5.16. The zero-order valence-electron chi connectivity index (χ0n) is 19.5. The van der Waals surface area contributed by atoms with Crippen molar-refractivity contribution >= 4 is 18.0 Å². The van der Waals surface area contributed by atoms with Crippen molar-refractivity contribution in [2.45, 2.75) is 63.5 Å². The molecule has 2 atom stereocenters. The van der Waals surface area contributed by atoms with Gasteiger partial charge in [-0.1, -0.05) is 80.6 Å². The van der Waals surface area contributed by atoms with Crippen molar-refractivity contribution < 1.29 is 24.2 Å². The molecular weight excluding hydrogens is 432 g/mol. The van der Waals surface area contributed by atoms with Gasteiger partial charge in [0.1, 0.15) is 18.7 Å². The van der Waals surface area contributed by atoms with Gasteiger partial charge in [0.2, 0.25) is 5.91 Å². The zero-order valence-corrected chi connectivity index (χ0v) is 19.5. The Hall–Kier alpha value is -3.35. The molecule has 180 valence electrons. The number of alkyl carbamates (subject to hydrolysis) is 1. The maximum atomic E-state index is 12.6. The Bertz CT molecular complexity index is 1000. The van der Waals surface area contributed by atoms with Crippen molar-refractivity contribution in [2.75, 3.05) is 6.61 Å². The molecule has 0 aromatic heterocycles. The predicted molar refractivity (Wildman–Crippen MR) is 128 cm³/mol. The summed E-state index contributed by atoms with van der Waals surface area (Å²) in [4.78, 5) is 36.7. The molecule has 2 unspecified atom stereocenters. The molecule has 7 nitrogen and oxygen atoms in total. The molecule has 2 amide bonds. The molecule has 2 aromatic carbocycles. The fourth-order valence-electron chi connectivity index (χ4n) is 5.16. The number of aliphatic carboxylic acids is 1. The minimum atomic E-state index is -1.05. The second kappa shape index (κ2) is 10.7. The van der Waals surface area contributed by atoms with Crippen LogP contribution in [0.4, 0.5) is 4.79 Å². The second-order valence-corrected chi connectivity index (χ2v) is 9.33. The summed E-state index contributed by atoms with van der Waals surface area (Å²) in [7, 11) is 0. The van der Waals surface area contributed by atoms with Crippen molar-refractivity contribution in [3.8, 4) is 11.1 Å². The summed E-state index contributed by atoms with van der Waals surface area (Å²) < 4.78 is 5.49. The molecule has 7 heteroatoms. The van der Waals surface area contributed by atoms with E-state index in [1.165, 1.54) is 13.3 Å². The van der Waals surface area contributed by atoms with E-state index in [9.17, 15) is 19.5 Å². The highest BCUT2D eigenvalue weighted by Gasteiger charge is 2.30. The standard InChI is InChI=1S/C27H32N2O5/c1-17(25(30)29-24(26(31)32)15-18-9-3-2-4-10-18)28-27(33)34-16-23-21-13-7-5-11-19(21)20-12-6-8-14-22(20)23/h5-8,11-14,17-18,23-24H,2-4,9-10,15-16H2,1H3,(H,28,33)(H,29,30)(H,31,32). The predicted octanol–water partition coefficient (Wildman–Crippen LogP) is 4.45. The third kappa shape index (κ3) is 5.41. The number of carbonyl (C=O) groups excluding carboxylic acids is 2. The van der Waals surface area contributed by atoms with Gasteiger partial charge in [-0.05, 0) is 41.5 Å². The topological polar surface area (TPSA) is 105 Å². The van der Waals surface area contributed by atoms with Gasteiger partial charge in [0.25, 0.3) is 0 Å². The first kappa shape index (κ1) is 23.8. The van der Waals surface area contributed by atoms with Crippen LogP contribution in [0.1, 0.15) is 62.5 Å². The second-order valence-electron chi connectivity index (χ2n) is 9.33. The van der Waals surface area contributed by atoms with Gasteiger partial charge in [-0.3, -0.25) is 4.79 Å². The Morgan fingerprint density at radius 2 is 1.53 bits per heavy atom. The van der Waals surface area contributed by atoms with Gasteiger partial charge < -0.3 is 20.5 Å². The molecule has 0 heterocycles. The smallest absolute Gasteiger partial charge is 0.407 e. The quantitative estimate of drug-likeness (QED) is 0.535. The summed E-state index contributed by atoms with van der Waals surface area (Å²) in [6.45, 7) is 1.67. The summed E-state index contributed by atoms with van der Waals surface area (Å²) >= 11 is 0. The summed E-state index contributed by atoms with van der Waals surface area (Å²) in [5, 5.41) is 14.7. The van der Waals surface area contributed by atoms with E-state index in [1.54, 1.807) is 0 Å². The van der Waals surface area contributed by atoms with Crippen LogP contribution >= 0.6 is 0 Å². The first-order valence-corrected chi connectivity index (χ1v) is 12.1. The summed E-state index contributed by atoms with van der Waals surface area (Å²) in [6, 6.07) is 14.2.